The summed E-state index contributed by atoms with van der Waals surface area (Å²) in [4.78, 5) is 23.0. The molecule has 0 aromatic rings. The van der Waals surface area contributed by atoms with E-state index in [1.807, 2.05) is 6.92 Å². The van der Waals surface area contributed by atoms with E-state index in [1.54, 1.807) is 0 Å². The number of unbranched alkanes of at least 4 members (excludes halogenated alkanes) is 2. The van der Waals surface area contributed by atoms with E-state index in [2.05, 4.69) is 16.0 Å². The number of hydrogen-bond donors (Lipinski definition) is 4. The summed E-state index contributed by atoms with van der Waals surface area (Å²) in [6, 6.07) is 0.304. The molecule has 0 aromatic carbocycles. The molecule has 9 heteroatoms. The van der Waals surface area contributed by atoms with Crippen molar-refractivity contribution >= 4 is 11.9 Å². The van der Waals surface area contributed by atoms with Gasteiger partial charge in [0, 0.05) is 32.2 Å². The number of amides is 3. The van der Waals surface area contributed by atoms with E-state index in [1.165, 1.54) is 0 Å². The van der Waals surface area contributed by atoms with Crippen LogP contribution in [0.3, 0.4) is 0 Å². The molecule has 1 saturated heterocycles. The van der Waals surface area contributed by atoms with Crippen LogP contribution >= 0.6 is 0 Å². The average Bonchev–Trinajstić information content (AvgIpc) is 3.02. The summed E-state index contributed by atoms with van der Waals surface area (Å²) in [5.41, 5.74) is 5.37. The van der Waals surface area contributed by atoms with Gasteiger partial charge in [0.25, 0.3) is 0 Å². The zero-order valence-electron chi connectivity index (χ0n) is 17.9. The molecule has 0 bridgehead atoms. The first-order chi connectivity index (χ1) is 14.1. The summed E-state index contributed by atoms with van der Waals surface area (Å²) in [7, 11) is 0. The zero-order valence-corrected chi connectivity index (χ0v) is 17.9. The van der Waals surface area contributed by atoms with Crippen molar-refractivity contribution in [1.82, 2.24) is 16.0 Å². The van der Waals surface area contributed by atoms with E-state index in [-0.39, 0.29) is 24.0 Å². The number of carbonyl (C=O) groups is 2. The predicted molar refractivity (Wildman–Crippen MR) is 112 cm³/mol. The van der Waals surface area contributed by atoms with E-state index in [0.717, 1.165) is 38.5 Å². The van der Waals surface area contributed by atoms with Crippen LogP contribution in [0.2, 0.25) is 0 Å². The Balaban J connectivity index is 1.78. The van der Waals surface area contributed by atoms with Gasteiger partial charge in [-0.1, -0.05) is 12.8 Å². The smallest absolute Gasteiger partial charge is 0.315 e. The van der Waals surface area contributed by atoms with Crippen molar-refractivity contribution in [1.29, 1.82) is 0 Å². The number of nitrogens with two attached hydrogens (primary N) is 1. The van der Waals surface area contributed by atoms with Gasteiger partial charge in [0.05, 0.1) is 32.5 Å². The Bertz CT molecular complexity index is 439. The molecule has 1 rings (SSSR count). The maximum Gasteiger partial charge on any atom is 0.315 e. The predicted octanol–water partition coefficient (Wildman–Crippen LogP) is 0.912. The fraction of sp³-hybridized carbons (Fsp3) is 0.900. The summed E-state index contributed by atoms with van der Waals surface area (Å²) < 4.78 is 16.2. The van der Waals surface area contributed by atoms with E-state index < -0.39 is 0 Å². The van der Waals surface area contributed by atoms with Gasteiger partial charge in [0.15, 0.2) is 0 Å². The molecule has 0 aromatic heterocycles. The van der Waals surface area contributed by atoms with Gasteiger partial charge < -0.3 is 35.9 Å². The highest BCUT2D eigenvalue weighted by molar-refractivity contribution is 5.77. The van der Waals surface area contributed by atoms with Gasteiger partial charge in [-0.3, -0.25) is 4.79 Å². The Labute approximate surface area is 174 Å². The summed E-state index contributed by atoms with van der Waals surface area (Å²) in [6.45, 7) is 6.82. The third kappa shape index (κ3) is 14.2. The molecule has 9 nitrogen and oxygen atoms in total. The number of urea groups is 1. The second kappa shape index (κ2) is 17.4. The minimum atomic E-state index is -0.0814. The van der Waals surface area contributed by atoms with Gasteiger partial charge >= 0.3 is 6.03 Å². The molecule has 1 aliphatic heterocycles. The second-order valence-corrected chi connectivity index (χ2v) is 7.30. The van der Waals surface area contributed by atoms with E-state index in [4.69, 9.17) is 19.9 Å². The maximum atomic E-state index is 11.8. The van der Waals surface area contributed by atoms with E-state index >= 15 is 0 Å². The highest BCUT2D eigenvalue weighted by Gasteiger charge is 2.26. The summed E-state index contributed by atoms with van der Waals surface area (Å²) in [5.74, 6) is 0.0900. The molecular weight excluding hydrogens is 376 g/mol. The fourth-order valence-corrected chi connectivity index (χ4v) is 3.01. The molecule has 2 atom stereocenters. The molecule has 1 heterocycles. The molecule has 2 unspecified atom stereocenters. The van der Waals surface area contributed by atoms with Gasteiger partial charge in [-0.15, -0.1) is 0 Å². The van der Waals surface area contributed by atoms with Crippen LogP contribution < -0.4 is 21.7 Å². The molecule has 1 fully saturated rings. The van der Waals surface area contributed by atoms with Crippen LogP contribution in [0.1, 0.15) is 51.9 Å². The molecule has 0 aliphatic carbocycles. The fourth-order valence-electron chi connectivity index (χ4n) is 3.01. The standard InChI is InChI=1S/C20H40N4O5/c1-17-18(24-20(26)23-17)7-3-2-4-8-19(25)22-10-6-12-28-14-16-29-15-13-27-11-5-9-21/h17-18H,2-16,21H2,1H3,(H,22,25)(H2,23,24,26). The highest BCUT2D eigenvalue weighted by atomic mass is 16.5. The van der Waals surface area contributed by atoms with E-state index in [9.17, 15) is 9.59 Å². The first kappa shape index (κ1) is 25.6. The average molecular weight is 417 g/mol. The molecule has 3 amide bonds. The van der Waals surface area contributed by atoms with Crippen LogP contribution in [-0.4, -0.2) is 76.8 Å². The molecule has 1 aliphatic rings. The van der Waals surface area contributed by atoms with E-state index in [0.29, 0.717) is 59.2 Å². The third-order valence-corrected chi connectivity index (χ3v) is 4.72. The van der Waals surface area contributed by atoms with Crippen molar-refractivity contribution < 1.29 is 23.8 Å². The van der Waals surface area contributed by atoms with Crippen LogP contribution in [-0.2, 0) is 19.0 Å². The molecule has 29 heavy (non-hydrogen) atoms. The van der Waals surface area contributed by atoms with Crippen LogP contribution in [0.5, 0.6) is 0 Å². The van der Waals surface area contributed by atoms with Crippen LogP contribution in [0.25, 0.3) is 0 Å². The molecule has 0 radical (unpaired) electrons. The molecule has 170 valence electrons. The highest BCUT2D eigenvalue weighted by Crippen LogP contribution is 2.11. The summed E-state index contributed by atoms with van der Waals surface area (Å²) in [6.07, 6.45) is 6.04. The number of rotatable bonds is 19. The number of ether oxygens (including phenoxy) is 3. The normalized spacial score (nSPS) is 18.5. The lowest BCUT2D eigenvalue weighted by atomic mass is 10.0. The largest absolute Gasteiger partial charge is 0.379 e. The Hall–Kier alpha value is -1.42. The van der Waals surface area contributed by atoms with Crippen molar-refractivity contribution in [2.24, 2.45) is 5.73 Å². The lowest BCUT2D eigenvalue weighted by Crippen LogP contribution is -2.30. The third-order valence-electron chi connectivity index (χ3n) is 4.72. The van der Waals surface area contributed by atoms with Crippen molar-refractivity contribution in [3.05, 3.63) is 0 Å². The summed E-state index contributed by atoms with van der Waals surface area (Å²) >= 11 is 0. The quantitative estimate of drug-likeness (QED) is 0.232. The first-order valence-electron chi connectivity index (χ1n) is 10.9. The van der Waals surface area contributed by atoms with Crippen LogP contribution in [0, 0.1) is 0 Å². The van der Waals surface area contributed by atoms with Gasteiger partial charge in [0.2, 0.25) is 5.91 Å². The molecule has 0 spiro atoms. The number of nitrogens with one attached hydrogen (secondary N) is 3. The molecular formula is C20H40N4O5. The number of carbonyl (C=O) groups excluding carboxylic acids is 2. The Kier molecular flexibility index (Phi) is 15.4. The van der Waals surface area contributed by atoms with Crippen molar-refractivity contribution in [3.8, 4) is 0 Å². The lowest BCUT2D eigenvalue weighted by Gasteiger charge is -2.13. The topological polar surface area (TPSA) is 124 Å². The van der Waals surface area contributed by atoms with Crippen LogP contribution in [0.4, 0.5) is 4.79 Å². The Morgan fingerprint density at radius 1 is 0.931 bits per heavy atom. The molecule has 5 N–H and O–H groups in total. The number of hydrogen-bond acceptors (Lipinski definition) is 6. The van der Waals surface area contributed by atoms with Crippen molar-refractivity contribution in [2.45, 2.75) is 64.0 Å². The minimum Gasteiger partial charge on any atom is -0.379 e. The van der Waals surface area contributed by atoms with Gasteiger partial charge in [0.1, 0.15) is 0 Å². The Morgan fingerprint density at radius 2 is 1.59 bits per heavy atom. The minimum absolute atomic E-state index is 0.0814. The van der Waals surface area contributed by atoms with Crippen LogP contribution in [0.15, 0.2) is 0 Å². The Morgan fingerprint density at radius 3 is 2.21 bits per heavy atom. The second-order valence-electron chi connectivity index (χ2n) is 7.30. The van der Waals surface area contributed by atoms with Gasteiger partial charge in [-0.05, 0) is 39.2 Å². The first-order valence-corrected chi connectivity index (χ1v) is 10.9. The van der Waals surface area contributed by atoms with Gasteiger partial charge in [-0.25, -0.2) is 4.79 Å². The maximum absolute atomic E-state index is 11.8. The molecule has 0 saturated carbocycles. The summed E-state index contributed by atoms with van der Waals surface area (Å²) in [5, 5.41) is 8.68. The zero-order chi connectivity index (χ0) is 21.2. The van der Waals surface area contributed by atoms with Gasteiger partial charge in [-0.2, -0.15) is 0 Å². The monoisotopic (exact) mass is 416 g/mol. The SMILES string of the molecule is CC1NC(=O)NC1CCCCCC(=O)NCCCOCCOCCOCCCN. The van der Waals surface area contributed by atoms with Crippen molar-refractivity contribution in [2.75, 3.05) is 52.7 Å². The van der Waals surface area contributed by atoms with Crippen molar-refractivity contribution in [3.63, 3.8) is 0 Å². The lowest BCUT2D eigenvalue weighted by molar-refractivity contribution is -0.121.